The number of benzene rings is 1. The number of sulfone groups is 1. The Balaban J connectivity index is 2.33. The van der Waals surface area contributed by atoms with Crippen LogP contribution in [0.2, 0.25) is 0 Å². The SMILES string of the molecule is COCC(NC1CCS(=O)(=O)c2ccc(F)cc21)C(C)C. The highest BCUT2D eigenvalue weighted by atomic mass is 32.2. The minimum absolute atomic E-state index is 0.0844. The van der Waals surface area contributed by atoms with Gasteiger partial charge in [-0.25, -0.2) is 12.8 Å². The molecule has 0 aromatic heterocycles. The van der Waals surface area contributed by atoms with Gasteiger partial charge in [0, 0.05) is 19.2 Å². The van der Waals surface area contributed by atoms with Crippen molar-refractivity contribution in [3.05, 3.63) is 29.6 Å². The van der Waals surface area contributed by atoms with Crippen LogP contribution in [0.3, 0.4) is 0 Å². The Kier molecular flexibility index (Phi) is 5.01. The van der Waals surface area contributed by atoms with Crippen molar-refractivity contribution in [2.75, 3.05) is 19.5 Å². The fraction of sp³-hybridized carbons (Fsp3) is 0.600. The highest BCUT2D eigenvalue weighted by molar-refractivity contribution is 7.91. The molecule has 1 aliphatic heterocycles. The van der Waals surface area contributed by atoms with Gasteiger partial charge in [0.25, 0.3) is 0 Å². The van der Waals surface area contributed by atoms with Gasteiger partial charge in [-0.05, 0) is 36.1 Å². The van der Waals surface area contributed by atoms with E-state index in [0.717, 1.165) is 0 Å². The fourth-order valence-electron chi connectivity index (χ4n) is 2.66. The Morgan fingerprint density at radius 1 is 1.43 bits per heavy atom. The van der Waals surface area contributed by atoms with E-state index in [1.807, 2.05) is 0 Å². The molecule has 0 bridgehead atoms. The summed E-state index contributed by atoms with van der Waals surface area (Å²) in [5.41, 5.74) is 0.531. The molecule has 21 heavy (non-hydrogen) atoms. The summed E-state index contributed by atoms with van der Waals surface area (Å²) in [7, 11) is -1.66. The van der Waals surface area contributed by atoms with Gasteiger partial charge in [0.1, 0.15) is 5.82 Å². The molecule has 6 heteroatoms. The Hall–Kier alpha value is -0.980. The van der Waals surface area contributed by atoms with Crippen LogP contribution in [0.5, 0.6) is 0 Å². The number of rotatable bonds is 5. The fourth-order valence-corrected chi connectivity index (χ4v) is 4.26. The number of hydrogen-bond donors (Lipinski definition) is 1. The molecule has 0 spiro atoms. The molecule has 1 heterocycles. The van der Waals surface area contributed by atoms with Crippen molar-refractivity contribution in [3.63, 3.8) is 0 Å². The smallest absolute Gasteiger partial charge is 0.178 e. The zero-order valence-corrected chi connectivity index (χ0v) is 13.4. The number of ether oxygens (including phenoxy) is 1. The standard InChI is InChI=1S/C15H22FNO3S/c1-10(2)14(9-20-3)17-13-6-7-21(18,19)15-5-4-11(16)8-12(13)15/h4-5,8,10,13-14,17H,6-7,9H2,1-3H3. The molecule has 0 saturated heterocycles. The number of hydrogen-bond acceptors (Lipinski definition) is 4. The molecule has 1 aromatic carbocycles. The lowest BCUT2D eigenvalue weighted by Gasteiger charge is -2.32. The molecular weight excluding hydrogens is 293 g/mol. The third-order valence-corrected chi connectivity index (χ3v) is 5.74. The van der Waals surface area contributed by atoms with E-state index in [1.165, 1.54) is 18.2 Å². The molecule has 0 aliphatic carbocycles. The van der Waals surface area contributed by atoms with Gasteiger partial charge in [-0.15, -0.1) is 0 Å². The molecule has 4 nitrogen and oxygen atoms in total. The summed E-state index contributed by atoms with van der Waals surface area (Å²) in [6, 6.07) is 3.83. The normalized spacial score (nSPS) is 22.0. The summed E-state index contributed by atoms with van der Waals surface area (Å²) in [6.07, 6.45) is 0.450. The molecule has 2 unspecified atom stereocenters. The van der Waals surface area contributed by atoms with E-state index in [4.69, 9.17) is 4.74 Å². The summed E-state index contributed by atoms with van der Waals surface area (Å²) in [5, 5.41) is 3.42. The van der Waals surface area contributed by atoms with Gasteiger partial charge >= 0.3 is 0 Å². The Morgan fingerprint density at radius 3 is 2.76 bits per heavy atom. The predicted octanol–water partition coefficient (Wildman–Crippen LogP) is 2.30. The zero-order chi connectivity index (χ0) is 15.6. The van der Waals surface area contributed by atoms with Crippen molar-refractivity contribution in [2.45, 2.75) is 37.2 Å². The van der Waals surface area contributed by atoms with Gasteiger partial charge in [0.2, 0.25) is 0 Å². The van der Waals surface area contributed by atoms with Gasteiger partial charge in [0.15, 0.2) is 9.84 Å². The van der Waals surface area contributed by atoms with Gasteiger partial charge in [-0.2, -0.15) is 0 Å². The van der Waals surface area contributed by atoms with Gasteiger partial charge < -0.3 is 10.1 Å². The van der Waals surface area contributed by atoms with Crippen LogP contribution in [0.15, 0.2) is 23.1 Å². The summed E-state index contributed by atoms with van der Waals surface area (Å²) in [6.45, 7) is 4.68. The molecule has 1 aromatic rings. The molecule has 0 amide bonds. The van der Waals surface area contributed by atoms with E-state index in [0.29, 0.717) is 24.5 Å². The van der Waals surface area contributed by atoms with E-state index in [1.54, 1.807) is 7.11 Å². The molecule has 2 atom stereocenters. The molecule has 2 rings (SSSR count). The van der Waals surface area contributed by atoms with Crippen LogP contribution in [0.25, 0.3) is 0 Å². The number of methoxy groups -OCH3 is 1. The molecule has 0 saturated carbocycles. The third kappa shape index (κ3) is 3.62. The van der Waals surface area contributed by atoms with Gasteiger partial charge in [-0.3, -0.25) is 0 Å². The maximum atomic E-state index is 13.5. The van der Waals surface area contributed by atoms with Gasteiger partial charge in [-0.1, -0.05) is 13.8 Å². The average Bonchev–Trinajstić information content (AvgIpc) is 2.40. The predicted molar refractivity (Wildman–Crippen MR) is 79.4 cm³/mol. The minimum Gasteiger partial charge on any atom is -0.383 e. The van der Waals surface area contributed by atoms with Crippen LogP contribution in [0.4, 0.5) is 4.39 Å². The molecule has 1 N–H and O–H groups in total. The van der Waals surface area contributed by atoms with Crippen molar-refractivity contribution >= 4 is 9.84 Å². The van der Waals surface area contributed by atoms with E-state index in [-0.39, 0.29) is 22.7 Å². The Bertz CT molecular complexity index is 601. The first-order chi connectivity index (χ1) is 9.85. The molecule has 118 valence electrons. The van der Waals surface area contributed by atoms with Crippen LogP contribution in [-0.2, 0) is 14.6 Å². The number of halogens is 1. The van der Waals surface area contributed by atoms with Crippen molar-refractivity contribution in [3.8, 4) is 0 Å². The highest BCUT2D eigenvalue weighted by Gasteiger charge is 2.32. The van der Waals surface area contributed by atoms with Crippen LogP contribution >= 0.6 is 0 Å². The summed E-state index contributed by atoms with van der Waals surface area (Å²) in [5.74, 6) is 0.00663. The van der Waals surface area contributed by atoms with Crippen molar-refractivity contribution in [2.24, 2.45) is 5.92 Å². The largest absolute Gasteiger partial charge is 0.383 e. The molecular formula is C15H22FNO3S. The van der Waals surface area contributed by atoms with Crippen molar-refractivity contribution < 1.29 is 17.5 Å². The van der Waals surface area contributed by atoms with E-state index >= 15 is 0 Å². The highest BCUT2D eigenvalue weighted by Crippen LogP contribution is 2.33. The summed E-state index contributed by atoms with van der Waals surface area (Å²) in [4.78, 5) is 0.243. The second-order valence-electron chi connectivity index (χ2n) is 5.81. The molecule has 1 aliphatic rings. The van der Waals surface area contributed by atoms with E-state index in [2.05, 4.69) is 19.2 Å². The van der Waals surface area contributed by atoms with Crippen LogP contribution in [-0.4, -0.2) is 33.9 Å². The first-order valence-corrected chi connectivity index (χ1v) is 8.77. The van der Waals surface area contributed by atoms with Gasteiger partial charge in [0.05, 0.1) is 17.3 Å². The quantitative estimate of drug-likeness (QED) is 0.847. The van der Waals surface area contributed by atoms with Crippen molar-refractivity contribution in [1.29, 1.82) is 0 Å². The Morgan fingerprint density at radius 2 is 2.14 bits per heavy atom. The number of fused-ring (bicyclic) bond motifs is 1. The zero-order valence-electron chi connectivity index (χ0n) is 12.6. The molecule has 0 radical (unpaired) electrons. The average molecular weight is 315 g/mol. The lowest BCUT2D eigenvalue weighted by molar-refractivity contribution is 0.139. The molecule has 0 fully saturated rings. The topological polar surface area (TPSA) is 55.4 Å². The lowest BCUT2D eigenvalue weighted by atomic mass is 9.99. The Labute approximate surface area is 125 Å². The van der Waals surface area contributed by atoms with Crippen LogP contribution in [0, 0.1) is 11.7 Å². The van der Waals surface area contributed by atoms with Crippen molar-refractivity contribution in [1.82, 2.24) is 5.32 Å². The summed E-state index contributed by atoms with van der Waals surface area (Å²) < 4.78 is 42.9. The first kappa shape index (κ1) is 16.4. The van der Waals surface area contributed by atoms with Crippen LogP contribution < -0.4 is 5.32 Å². The maximum Gasteiger partial charge on any atom is 0.178 e. The van der Waals surface area contributed by atoms with Crippen LogP contribution in [0.1, 0.15) is 31.9 Å². The van der Waals surface area contributed by atoms with E-state index < -0.39 is 15.7 Å². The second-order valence-corrected chi connectivity index (χ2v) is 7.89. The first-order valence-electron chi connectivity index (χ1n) is 7.12. The number of nitrogens with one attached hydrogen (secondary N) is 1. The lowest BCUT2D eigenvalue weighted by Crippen LogP contribution is -2.42. The minimum atomic E-state index is -3.30. The van der Waals surface area contributed by atoms with E-state index in [9.17, 15) is 12.8 Å². The monoisotopic (exact) mass is 315 g/mol. The third-order valence-electron chi connectivity index (χ3n) is 3.92. The summed E-state index contributed by atoms with van der Waals surface area (Å²) >= 11 is 0. The second kappa shape index (κ2) is 6.42. The maximum absolute atomic E-state index is 13.5.